The number of amidine groups is 1. The summed E-state index contributed by atoms with van der Waals surface area (Å²) in [6.07, 6.45) is -0.305. The van der Waals surface area contributed by atoms with Crippen LogP contribution in [0.2, 0.25) is 0 Å². The van der Waals surface area contributed by atoms with Crippen molar-refractivity contribution in [3.8, 4) is 0 Å². The van der Waals surface area contributed by atoms with Gasteiger partial charge in [-0.15, -0.1) is 0 Å². The van der Waals surface area contributed by atoms with Crippen molar-refractivity contribution in [3.05, 3.63) is 58.6 Å². The number of halogens is 3. The van der Waals surface area contributed by atoms with Crippen LogP contribution in [0.3, 0.4) is 0 Å². The van der Waals surface area contributed by atoms with E-state index in [9.17, 15) is 18.3 Å². The molecule has 1 aromatic carbocycles. The lowest BCUT2D eigenvalue weighted by molar-refractivity contribution is -0.138. The Morgan fingerprint density at radius 2 is 2.00 bits per heavy atom. The van der Waals surface area contributed by atoms with Gasteiger partial charge in [-0.05, 0) is 36.6 Å². The first kappa shape index (κ1) is 20.7. The molecule has 3 N–H and O–H groups in total. The molecule has 162 valence electrons. The normalized spacial score (nSPS) is 24.4. The van der Waals surface area contributed by atoms with Crippen LogP contribution in [0.1, 0.15) is 16.7 Å². The molecule has 0 bridgehead atoms. The smallest absolute Gasteiger partial charge is 0.396 e. The largest absolute Gasteiger partial charge is 0.416 e. The van der Waals surface area contributed by atoms with Gasteiger partial charge in [-0.25, -0.2) is 0 Å². The third-order valence-electron chi connectivity index (χ3n) is 5.91. The Hall–Kier alpha value is -2.52. The molecule has 0 radical (unpaired) electrons. The van der Waals surface area contributed by atoms with Gasteiger partial charge in [0.1, 0.15) is 0 Å². The molecule has 2 unspecified atom stereocenters. The predicted molar refractivity (Wildman–Crippen MR) is 107 cm³/mol. The van der Waals surface area contributed by atoms with E-state index in [4.69, 9.17) is 10.5 Å². The average molecular weight is 422 g/mol. The molecule has 0 aromatic heterocycles. The Balaban J connectivity index is 1.65. The molecular weight excluding hydrogens is 397 g/mol. The average Bonchev–Trinajstić information content (AvgIpc) is 3.07. The van der Waals surface area contributed by atoms with Gasteiger partial charge in [-0.1, -0.05) is 12.1 Å². The molecule has 3 aliphatic rings. The number of hydrogen-bond acceptors (Lipinski definition) is 6. The van der Waals surface area contributed by atoms with Crippen molar-refractivity contribution >= 4 is 5.84 Å². The highest BCUT2D eigenvalue weighted by atomic mass is 19.4. The molecule has 0 spiro atoms. The minimum Gasteiger partial charge on any atom is -0.396 e. The molecule has 2 atom stereocenters. The summed E-state index contributed by atoms with van der Waals surface area (Å²) < 4.78 is 45.4. The number of ether oxygens (including phenoxy) is 1. The van der Waals surface area contributed by atoms with Crippen molar-refractivity contribution in [2.75, 3.05) is 32.9 Å². The maximum atomic E-state index is 13.3. The van der Waals surface area contributed by atoms with E-state index in [2.05, 4.69) is 9.89 Å². The van der Waals surface area contributed by atoms with Crippen LogP contribution < -0.4 is 5.73 Å². The van der Waals surface area contributed by atoms with Gasteiger partial charge in [0.25, 0.3) is 0 Å². The number of aliphatic hydroxyl groups excluding tert-OH is 1. The third-order valence-corrected chi connectivity index (χ3v) is 5.91. The van der Waals surface area contributed by atoms with Crippen molar-refractivity contribution < 1.29 is 23.0 Å². The molecule has 9 heteroatoms. The zero-order valence-electron chi connectivity index (χ0n) is 16.7. The second-order valence-corrected chi connectivity index (χ2v) is 7.72. The Bertz CT molecular complexity index is 904. The number of benzene rings is 1. The van der Waals surface area contributed by atoms with Gasteiger partial charge in [0.05, 0.1) is 48.9 Å². The lowest BCUT2D eigenvalue weighted by Crippen LogP contribution is -2.44. The number of alkyl halides is 3. The molecule has 1 aromatic rings. The number of rotatable bonds is 4. The highest BCUT2D eigenvalue weighted by Crippen LogP contribution is 2.35. The van der Waals surface area contributed by atoms with Gasteiger partial charge in [0, 0.05) is 19.3 Å². The van der Waals surface area contributed by atoms with E-state index in [1.807, 2.05) is 17.2 Å². The van der Waals surface area contributed by atoms with Gasteiger partial charge in [-0.2, -0.15) is 13.2 Å². The Labute approximate surface area is 173 Å². The topological polar surface area (TPSA) is 74.3 Å². The Morgan fingerprint density at radius 1 is 1.27 bits per heavy atom. The molecule has 0 saturated carbocycles. The van der Waals surface area contributed by atoms with Gasteiger partial charge < -0.3 is 25.4 Å². The maximum absolute atomic E-state index is 13.3. The molecule has 30 heavy (non-hydrogen) atoms. The van der Waals surface area contributed by atoms with E-state index in [1.54, 1.807) is 6.07 Å². The summed E-state index contributed by atoms with van der Waals surface area (Å²) in [6.45, 7) is 3.99. The first-order chi connectivity index (χ1) is 14.3. The number of hydrogen-bond donors (Lipinski definition) is 2. The SMILES string of the molecule is Cc1c(CC2C(CO)N=C3C(N)=CC(N4CCOCC4)=CN32)cccc1C(F)(F)F. The standard InChI is InChI=1S/C21H25F3N4O2/c1-13-14(3-2-4-16(13)21(22,23)24)9-19-18(12-29)26-20-17(25)10-15(11-28(19)20)27-5-7-30-8-6-27/h2-4,10-11,18-19,29H,5-9,12,25H2,1H3. The van der Waals surface area contributed by atoms with E-state index in [1.165, 1.54) is 13.0 Å². The first-order valence-corrected chi connectivity index (χ1v) is 9.94. The van der Waals surface area contributed by atoms with Crippen LogP contribution in [0.15, 0.2) is 46.9 Å². The van der Waals surface area contributed by atoms with Crippen LogP contribution in [-0.4, -0.2) is 65.7 Å². The number of nitrogens with two attached hydrogens (primary N) is 1. The summed E-state index contributed by atoms with van der Waals surface area (Å²) in [5.74, 6) is 0.556. The summed E-state index contributed by atoms with van der Waals surface area (Å²) in [5, 5.41) is 9.89. The quantitative estimate of drug-likeness (QED) is 0.777. The van der Waals surface area contributed by atoms with Crippen molar-refractivity contribution in [3.63, 3.8) is 0 Å². The van der Waals surface area contributed by atoms with Gasteiger partial charge in [0.15, 0.2) is 5.84 Å². The molecule has 3 heterocycles. The van der Waals surface area contributed by atoms with E-state index in [0.29, 0.717) is 36.7 Å². The summed E-state index contributed by atoms with van der Waals surface area (Å²) in [4.78, 5) is 8.62. The molecule has 4 rings (SSSR count). The predicted octanol–water partition coefficient (Wildman–Crippen LogP) is 2.03. The van der Waals surface area contributed by atoms with E-state index in [-0.39, 0.29) is 18.2 Å². The minimum atomic E-state index is -4.41. The molecule has 3 aliphatic heterocycles. The van der Waals surface area contributed by atoms with Crippen LogP contribution >= 0.6 is 0 Å². The lowest BCUT2D eigenvalue weighted by atomic mass is 9.93. The fraction of sp³-hybridized carbons (Fsp3) is 0.476. The fourth-order valence-corrected chi connectivity index (χ4v) is 4.26. The number of aliphatic imine (C=N–C) groups is 1. The van der Waals surface area contributed by atoms with Gasteiger partial charge in [0.2, 0.25) is 0 Å². The molecule has 1 saturated heterocycles. The summed E-state index contributed by atoms with van der Waals surface area (Å²) in [5.41, 5.74) is 7.81. The summed E-state index contributed by atoms with van der Waals surface area (Å²) in [7, 11) is 0. The second kappa shape index (κ2) is 7.96. The summed E-state index contributed by atoms with van der Waals surface area (Å²) in [6, 6.07) is 3.43. The highest BCUT2D eigenvalue weighted by Gasteiger charge is 2.39. The van der Waals surface area contributed by atoms with Gasteiger partial charge in [-0.3, -0.25) is 4.99 Å². The number of nitrogens with zero attached hydrogens (tertiary/aromatic N) is 3. The van der Waals surface area contributed by atoms with E-state index >= 15 is 0 Å². The maximum Gasteiger partial charge on any atom is 0.416 e. The third kappa shape index (κ3) is 3.79. The highest BCUT2D eigenvalue weighted by molar-refractivity contribution is 6.01. The molecular formula is C21H25F3N4O2. The van der Waals surface area contributed by atoms with Crippen LogP contribution in [0, 0.1) is 6.92 Å². The summed E-state index contributed by atoms with van der Waals surface area (Å²) >= 11 is 0. The minimum absolute atomic E-state index is 0.202. The van der Waals surface area contributed by atoms with E-state index in [0.717, 1.165) is 24.9 Å². The number of morpholine rings is 1. The van der Waals surface area contributed by atoms with Crippen LogP contribution in [-0.2, 0) is 17.3 Å². The lowest BCUT2D eigenvalue weighted by Gasteiger charge is -2.35. The zero-order valence-corrected chi connectivity index (χ0v) is 16.7. The number of fused-ring (bicyclic) bond motifs is 1. The number of allylic oxidation sites excluding steroid dienone is 1. The van der Waals surface area contributed by atoms with Crippen LogP contribution in [0.5, 0.6) is 0 Å². The van der Waals surface area contributed by atoms with Crippen molar-refractivity contribution in [1.29, 1.82) is 0 Å². The van der Waals surface area contributed by atoms with Crippen LogP contribution in [0.4, 0.5) is 13.2 Å². The Morgan fingerprint density at radius 3 is 2.67 bits per heavy atom. The molecule has 0 amide bonds. The monoisotopic (exact) mass is 422 g/mol. The van der Waals surface area contributed by atoms with E-state index < -0.39 is 17.8 Å². The van der Waals surface area contributed by atoms with Gasteiger partial charge >= 0.3 is 6.18 Å². The fourth-order valence-electron chi connectivity index (χ4n) is 4.26. The second-order valence-electron chi connectivity index (χ2n) is 7.72. The number of aliphatic hydroxyl groups is 1. The zero-order chi connectivity index (χ0) is 21.5. The van der Waals surface area contributed by atoms with Crippen LogP contribution in [0.25, 0.3) is 0 Å². The molecule has 1 fully saturated rings. The van der Waals surface area contributed by atoms with Crippen molar-refractivity contribution in [1.82, 2.24) is 9.80 Å². The molecule has 0 aliphatic carbocycles. The molecule has 6 nitrogen and oxygen atoms in total. The first-order valence-electron chi connectivity index (χ1n) is 9.94. The Kier molecular flexibility index (Phi) is 5.50. The van der Waals surface area contributed by atoms with Crippen molar-refractivity contribution in [2.24, 2.45) is 10.7 Å². The van der Waals surface area contributed by atoms with Crippen molar-refractivity contribution in [2.45, 2.75) is 31.6 Å².